The topological polar surface area (TPSA) is 101 Å². The fourth-order valence-electron chi connectivity index (χ4n) is 1.56. The molecule has 18 heavy (non-hydrogen) atoms. The molecule has 1 aliphatic heterocycles. The highest BCUT2D eigenvalue weighted by molar-refractivity contribution is 7.89. The quantitative estimate of drug-likeness (QED) is 0.650. The average molecular weight is 293 g/mol. The molecule has 0 atom stereocenters. The van der Waals surface area contributed by atoms with Crippen LogP contribution in [0.2, 0.25) is 5.02 Å². The number of benzene rings is 1. The number of aliphatic hydroxyl groups excluding tert-OH is 1. The lowest BCUT2D eigenvalue weighted by atomic mass is 10.2. The molecule has 1 N–H and O–H groups in total. The molecule has 1 saturated heterocycles. The molecule has 98 valence electrons. The number of hydrogen-bond acceptors (Lipinski definition) is 5. The van der Waals surface area contributed by atoms with Gasteiger partial charge in [0.2, 0.25) is 10.0 Å². The van der Waals surface area contributed by atoms with Gasteiger partial charge in [-0.1, -0.05) is 11.6 Å². The normalized spacial score (nSPS) is 17.4. The van der Waals surface area contributed by atoms with Crippen molar-refractivity contribution in [2.75, 3.05) is 13.1 Å². The molecule has 1 aliphatic rings. The fourth-order valence-corrected chi connectivity index (χ4v) is 3.56. The number of nitro benzene ring substituents is 1. The van der Waals surface area contributed by atoms with Crippen molar-refractivity contribution in [3.63, 3.8) is 0 Å². The minimum atomic E-state index is -3.88. The summed E-state index contributed by atoms with van der Waals surface area (Å²) < 4.78 is 25.1. The van der Waals surface area contributed by atoms with Crippen LogP contribution in [0.5, 0.6) is 0 Å². The lowest BCUT2D eigenvalue weighted by Crippen LogP contribution is -2.53. The highest BCUT2D eigenvalue weighted by atomic mass is 35.5. The second-order valence-corrected chi connectivity index (χ2v) is 6.16. The lowest BCUT2D eigenvalue weighted by molar-refractivity contribution is -0.385. The Bertz CT molecular complexity index is 597. The van der Waals surface area contributed by atoms with E-state index in [1.54, 1.807) is 0 Å². The number of halogens is 1. The van der Waals surface area contributed by atoms with Gasteiger partial charge in [-0.2, -0.15) is 4.31 Å². The fraction of sp³-hybridized carbons (Fsp3) is 0.333. The summed E-state index contributed by atoms with van der Waals surface area (Å²) >= 11 is 5.76. The molecule has 0 amide bonds. The molecule has 1 aromatic rings. The number of nitro groups is 1. The van der Waals surface area contributed by atoms with E-state index in [4.69, 9.17) is 16.7 Å². The van der Waals surface area contributed by atoms with Gasteiger partial charge < -0.3 is 5.11 Å². The number of β-amino-alcohol motifs (C(OH)–C–C–N with tert-alkyl or cyclic N) is 1. The highest BCUT2D eigenvalue weighted by Gasteiger charge is 2.37. The number of hydrogen-bond donors (Lipinski definition) is 1. The molecule has 9 heteroatoms. The van der Waals surface area contributed by atoms with Crippen LogP contribution in [-0.2, 0) is 10.0 Å². The van der Waals surface area contributed by atoms with Gasteiger partial charge >= 0.3 is 0 Å². The van der Waals surface area contributed by atoms with Crippen molar-refractivity contribution < 1.29 is 18.4 Å². The summed E-state index contributed by atoms with van der Waals surface area (Å²) in [5, 5.41) is 19.6. The first kappa shape index (κ1) is 13.2. The maximum Gasteiger partial charge on any atom is 0.270 e. The molecule has 2 rings (SSSR count). The Morgan fingerprint density at radius 3 is 2.56 bits per heavy atom. The number of rotatable bonds is 3. The molecule has 0 aliphatic carbocycles. The van der Waals surface area contributed by atoms with Crippen molar-refractivity contribution in [2.45, 2.75) is 11.0 Å². The van der Waals surface area contributed by atoms with E-state index in [2.05, 4.69) is 0 Å². The Morgan fingerprint density at radius 1 is 1.44 bits per heavy atom. The average Bonchev–Trinajstić information content (AvgIpc) is 2.24. The zero-order valence-electron chi connectivity index (χ0n) is 8.98. The summed E-state index contributed by atoms with van der Waals surface area (Å²) in [6.45, 7) is -0.0529. The van der Waals surface area contributed by atoms with Crippen LogP contribution in [0, 0.1) is 10.1 Å². The molecule has 1 fully saturated rings. The Kier molecular flexibility index (Phi) is 3.28. The SMILES string of the molecule is O=[N+]([O-])c1ccc(Cl)c(S(=O)(=O)N2CC(O)C2)c1. The predicted octanol–water partition coefficient (Wildman–Crippen LogP) is 0.613. The predicted molar refractivity (Wildman–Crippen MR) is 62.9 cm³/mol. The molecule has 0 bridgehead atoms. The van der Waals surface area contributed by atoms with Gasteiger partial charge in [0.1, 0.15) is 4.90 Å². The molecule has 0 aromatic heterocycles. The Hall–Kier alpha value is -1.22. The van der Waals surface area contributed by atoms with Crippen LogP contribution in [0.4, 0.5) is 5.69 Å². The zero-order chi connectivity index (χ0) is 13.5. The van der Waals surface area contributed by atoms with Crippen molar-refractivity contribution in [1.82, 2.24) is 4.31 Å². The van der Waals surface area contributed by atoms with E-state index in [9.17, 15) is 18.5 Å². The van der Waals surface area contributed by atoms with Crippen molar-refractivity contribution in [3.8, 4) is 0 Å². The van der Waals surface area contributed by atoms with E-state index >= 15 is 0 Å². The van der Waals surface area contributed by atoms with Crippen LogP contribution in [0.15, 0.2) is 23.1 Å². The van der Waals surface area contributed by atoms with Crippen molar-refractivity contribution >= 4 is 27.3 Å². The molecule has 1 aromatic carbocycles. The summed E-state index contributed by atoms with van der Waals surface area (Å²) in [6.07, 6.45) is -0.697. The first-order valence-corrected chi connectivity index (χ1v) is 6.76. The summed E-state index contributed by atoms with van der Waals surface area (Å²) in [5.74, 6) is 0. The van der Waals surface area contributed by atoms with Gasteiger partial charge in [0.05, 0.1) is 16.0 Å². The molecule has 0 unspecified atom stereocenters. The van der Waals surface area contributed by atoms with Gasteiger partial charge in [0, 0.05) is 25.2 Å². The summed E-state index contributed by atoms with van der Waals surface area (Å²) in [4.78, 5) is 9.60. The van der Waals surface area contributed by atoms with Gasteiger partial charge in [0.25, 0.3) is 5.69 Å². The minimum absolute atomic E-state index is 0.0264. The van der Waals surface area contributed by atoms with Crippen LogP contribution < -0.4 is 0 Å². The second-order valence-electron chi connectivity index (χ2n) is 3.85. The number of aliphatic hydroxyl groups is 1. The van der Waals surface area contributed by atoms with Crippen molar-refractivity contribution in [2.24, 2.45) is 0 Å². The van der Waals surface area contributed by atoms with Crippen molar-refractivity contribution in [1.29, 1.82) is 0 Å². The Labute approximate surface area is 108 Å². The molecular formula is C9H9ClN2O5S. The van der Waals surface area contributed by atoms with Crippen molar-refractivity contribution in [3.05, 3.63) is 33.3 Å². The van der Waals surface area contributed by atoms with E-state index in [0.717, 1.165) is 16.4 Å². The van der Waals surface area contributed by atoms with Gasteiger partial charge in [-0.3, -0.25) is 10.1 Å². The van der Waals surface area contributed by atoms with E-state index < -0.39 is 21.1 Å². The number of sulfonamides is 1. The van der Waals surface area contributed by atoms with Gasteiger partial charge in [-0.25, -0.2) is 8.42 Å². The first-order chi connectivity index (χ1) is 8.32. The largest absolute Gasteiger partial charge is 0.390 e. The molecular weight excluding hydrogens is 284 g/mol. The Balaban J connectivity index is 2.44. The van der Waals surface area contributed by atoms with Crippen LogP contribution in [0.3, 0.4) is 0 Å². The van der Waals surface area contributed by atoms with E-state index in [-0.39, 0.29) is 28.7 Å². The molecule has 0 saturated carbocycles. The number of non-ortho nitro benzene ring substituents is 1. The smallest absolute Gasteiger partial charge is 0.270 e. The molecule has 1 heterocycles. The summed E-state index contributed by atoms with van der Waals surface area (Å²) in [5.41, 5.74) is -0.348. The molecule has 7 nitrogen and oxygen atoms in total. The standard InChI is InChI=1S/C9H9ClN2O5S/c10-8-2-1-6(12(14)15)3-9(8)18(16,17)11-4-7(13)5-11/h1-3,7,13H,4-5H2. The van der Waals surface area contributed by atoms with E-state index in [0.29, 0.717) is 0 Å². The Morgan fingerprint density at radius 2 is 2.06 bits per heavy atom. The third kappa shape index (κ3) is 2.19. The first-order valence-electron chi connectivity index (χ1n) is 4.94. The van der Waals surface area contributed by atoms with Crippen LogP contribution in [0.1, 0.15) is 0 Å². The van der Waals surface area contributed by atoms with Gasteiger partial charge in [-0.15, -0.1) is 0 Å². The zero-order valence-corrected chi connectivity index (χ0v) is 10.6. The van der Waals surface area contributed by atoms with Crippen LogP contribution in [0.25, 0.3) is 0 Å². The van der Waals surface area contributed by atoms with E-state index in [1.165, 1.54) is 6.07 Å². The van der Waals surface area contributed by atoms with Crippen LogP contribution in [-0.4, -0.2) is 41.9 Å². The monoisotopic (exact) mass is 292 g/mol. The maximum atomic E-state index is 12.1. The second kappa shape index (κ2) is 4.47. The third-order valence-corrected chi connectivity index (χ3v) is 4.89. The summed E-state index contributed by atoms with van der Waals surface area (Å²) in [7, 11) is -3.88. The van der Waals surface area contributed by atoms with Gasteiger partial charge in [-0.05, 0) is 6.07 Å². The highest BCUT2D eigenvalue weighted by Crippen LogP contribution is 2.30. The maximum absolute atomic E-state index is 12.1. The van der Waals surface area contributed by atoms with Crippen LogP contribution >= 0.6 is 11.6 Å². The van der Waals surface area contributed by atoms with Gasteiger partial charge in [0.15, 0.2) is 0 Å². The third-order valence-electron chi connectivity index (χ3n) is 2.57. The summed E-state index contributed by atoms with van der Waals surface area (Å²) in [6, 6.07) is 3.22. The molecule has 0 spiro atoms. The molecule has 0 radical (unpaired) electrons. The minimum Gasteiger partial charge on any atom is -0.390 e. The number of nitrogens with zero attached hydrogens (tertiary/aromatic N) is 2. The lowest BCUT2D eigenvalue weighted by Gasteiger charge is -2.34. The van der Waals surface area contributed by atoms with E-state index in [1.807, 2.05) is 0 Å².